The summed E-state index contributed by atoms with van der Waals surface area (Å²) in [5, 5.41) is 0. The number of hydrogen-bond donors (Lipinski definition) is 1. The molecule has 4 heteroatoms. The van der Waals surface area contributed by atoms with E-state index in [4.69, 9.17) is 10.5 Å². The third-order valence-electron chi connectivity index (χ3n) is 5.82. The van der Waals surface area contributed by atoms with Gasteiger partial charge in [-0.2, -0.15) is 0 Å². The Bertz CT molecular complexity index is 561. The summed E-state index contributed by atoms with van der Waals surface area (Å²) in [6.07, 6.45) is 5.62. The molecule has 3 rings (SSSR count). The molecule has 2 aliphatic rings. The largest absolute Gasteiger partial charge is 0.492 e. The van der Waals surface area contributed by atoms with E-state index in [1.165, 1.54) is 24.8 Å². The molecule has 2 atom stereocenters. The van der Waals surface area contributed by atoms with Crippen molar-refractivity contribution < 1.29 is 9.53 Å². The van der Waals surface area contributed by atoms with Crippen LogP contribution in [0.4, 0.5) is 0 Å². The number of aryl methyl sites for hydroxylation is 1. The molecule has 1 aromatic carbocycles. The van der Waals surface area contributed by atoms with Gasteiger partial charge in [0.15, 0.2) is 0 Å². The lowest BCUT2D eigenvalue weighted by atomic mass is 9.65. The van der Waals surface area contributed by atoms with Gasteiger partial charge in [-0.05, 0) is 62.1 Å². The van der Waals surface area contributed by atoms with Crippen LogP contribution in [-0.2, 0) is 4.79 Å². The number of ether oxygens (including phenoxy) is 1. The summed E-state index contributed by atoms with van der Waals surface area (Å²) in [6, 6.07) is 8.33. The van der Waals surface area contributed by atoms with E-state index in [1.807, 2.05) is 43.1 Å². The maximum absolute atomic E-state index is 12.8. The second kappa shape index (κ2) is 7.56. The highest BCUT2D eigenvalue weighted by molar-refractivity contribution is 5.78. The van der Waals surface area contributed by atoms with Crippen molar-refractivity contribution in [2.45, 2.75) is 45.1 Å². The first-order chi connectivity index (χ1) is 11.5. The van der Waals surface area contributed by atoms with Crippen molar-refractivity contribution >= 4 is 5.91 Å². The molecule has 1 aromatic rings. The number of carbonyl (C=O) groups is 1. The normalized spacial score (nSPS) is 29.1. The molecule has 0 aliphatic heterocycles. The summed E-state index contributed by atoms with van der Waals surface area (Å²) in [5.41, 5.74) is 7.52. The average molecular weight is 330 g/mol. The summed E-state index contributed by atoms with van der Waals surface area (Å²) >= 11 is 0. The molecular weight excluding hydrogens is 300 g/mol. The number of amides is 1. The van der Waals surface area contributed by atoms with E-state index in [1.54, 1.807) is 0 Å². The van der Waals surface area contributed by atoms with Crippen LogP contribution in [0.1, 0.15) is 37.7 Å². The van der Waals surface area contributed by atoms with Crippen molar-refractivity contribution in [2.24, 2.45) is 23.5 Å². The zero-order chi connectivity index (χ0) is 17.1. The number of nitrogens with zero attached hydrogens (tertiary/aromatic N) is 1. The SMILES string of the molecule is Cc1cccc(OCCN(C)C(=O)C2CC3CCCC(C2)C3N)c1. The predicted molar refractivity (Wildman–Crippen MR) is 95.8 cm³/mol. The van der Waals surface area contributed by atoms with Gasteiger partial charge in [0.25, 0.3) is 0 Å². The van der Waals surface area contributed by atoms with Gasteiger partial charge in [-0.1, -0.05) is 18.6 Å². The number of rotatable bonds is 5. The van der Waals surface area contributed by atoms with Crippen molar-refractivity contribution in [1.82, 2.24) is 4.90 Å². The Kier molecular flexibility index (Phi) is 5.44. The highest BCUT2D eigenvalue weighted by Gasteiger charge is 2.41. The third kappa shape index (κ3) is 3.92. The first kappa shape index (κ1) is 17.3. The lowest BCUT2D eigenvalue weighted by Gasteiger charge is -2.44. The smallest absolute Gasteiger partial charge is 0.225 e. The lowest BCUT2D eigenvalue weighted by molar-refractivity contribution is -0.137. The van der Waals surface area contributed by atoms with Crippen LogP contribution >= 0.6 is 0 Å². The number of benzene rings is 1. The highest BCUT2D eigenvalue weighted by Crippen LogP contribution is 2.42. The third-order valence-corrected chi connectivity index (χ3v) is 5.82. The Morgan fingerprint density at radius 3 is 2.67 bits per heavy atom. The van der Waals surface area contributed by atoms with Crippen molar-refractivity contribution in [2.75, 3.05) is 20.2 Å². The second-order valence-corrected chi connectivity index (χ2v) is 7.62. The average Bonchev–Trinajstić information content (AvgIpc) is 2.54. The summed E-state index contributed by atoms with van der Waals surface area (Å²) in [4.78, 5) is 14.6. The van der Waals surface area contributed by atoms with Crippen LogP contribution < -0.4 is 10.5 Å². The van der Waals surface area contributed by atoms with Crippen LogP contribution in [0, 0.1) is 24.7 Å². The number of hydrogen-bond acceptors (Lipinski definition) is 3. The molecule has 0 aromatic heterocycles. The van der Waals surface area contributed by atoms with Crippen LogP contribution in [0.3, 0.4) is 0 Å². The van der Waals surface area contributed by atoms with Crippen LogP contribution in [0.25, 0.3) is 0 Å². The topological polar surface area (TPSA) is 55.6 Å². The van der Waals surface area contributed by atoms with Crippen LogP contribution in [0.15, 0.2) is 24.3 Å². The van der Waals surface area contributed by atoms with Gasteiger partial charge >= 0.3 is 0 Å². The number of likely N-dealkylation sites (N-methyl/N-ethyl adjacent to an activating group) is 1. The van der Waals surface area contributed by atoms with Crippen molar-refractivity contribution in [1.29, 1.82) is 0 Å². The molecule has 2 fully saturated rings. The van der Waals surface area contributed by atoms with E-state index >= 15 is 0 Å². The summed E-state index contributed by atoms with van der Waals surface area (Å²) in [6.45, 7) is 3.21. The minimum Gasteiger partial charge on any atom is -0.492 e. The Morgan fingerprint density at radius 2 is 2.00 bits per heavy atom. The van der Waals surface area contributed by atoms with Gasteiger partial charge in [0.05, 0.1) is 6.54 Å². The number of carbonyl (C=O) groups excluding carboxylic acids is 1. The molecule has 4 nitrogen and oxygen atoms in total. The molecule has 2 saturated carbocycles. The first-order valence-corrected chi connectivity index (χ1v) is 9.24. The van der Waals surface area contributed by atoms with E-state index < -0.39 is 0 Å². The number of nitrogens with two attached hydrogens (primary N) is 1. The van der Waals surface area contributed by atoms with E-state index in [-0.39, 0.29) is 11.8 Å². The fourth-order valence-electron chi connectivity index (χ4n) is 4.42. The van der Waals surface area contributed by atoms with Crippen molar-refractivity contribution in [3.05, 3.63) is 29.8 Å². The van der Waals surface area contributed by atoms with Crippen LogP contribution in [0.2, 0.25) is 0 Å². The van der Waals surface area contributed by atoms with Gasteiger partial charge in [0, 0.05) is 19.0 Å². The molecular formula is C20H30N2O2. The van der Waals surface area contributed by atoms with Gasteiger partial charge in [-0.15, -0.1) is 0 Å². The minimum atomic E-state index is 0.157. The Hall–Kier alpha value is -1.55. The van der Waals surface area contributed by atoms with E-state index in [0.717, 1.165) is 18.6 Å². The highest BCUT2D eigenvalue weighted by atomic mass is 16.5. The molecule has 132 valence electrons. The summed E-state index contributed by atoms with van der Waals surface area (Å²) < 4.78 is 5.77. The molecule has 2 bridgehead atoms. The zero-order valence-corrected chi connectivity index (χ0v) is 14.9. The lowest BCUT2D eigenvalue weighted by Crippen LogP contribution is -2.49. The number of fused-ring (bicyclic) bond motifs is 2. The Morgan fingerprint density at radius 1 is 1.29 bits per heavy atom. The van der Waals surface area contributed by atoms with Crippen LogP contribution in [0.5, 0.6) is 5.75 Å². The van der Waals surface area contributed by atoms with Gasteiger partial charge in [0.1, 0.15) is 12.4 Å². The zero-order valence-electron chi connectivity index (χ0n) is 14.9. The van der Waals surface area contributed by atoms with E-state index in [9.17, 15) is 4.79 Å². The fraction of sp³-hybridized carbons (Fsp3) is 0.650. The summed E-state index contributed by atoms with van der Waals surface area (Å²) in [7, 11) is 1.90. The molecule has 0 saturated heterocycles. The molecule has 0 radical (unpaired) electrons. The molecule has 24 heavy (non-hydrogen) atoms. The van der Waals surface area contributed by atoms with Gasteiger partial charge < -0.3 is 15.4 Å². The standard InChI is InChI=1S/C20H30N2O2/c1-14-5-3-8-18(11-14)24-10-9-22(2)20(23)17-12-15-6-4-7-16(13-17)19(15)21/h3,5,8,11,15-17,19H,4,6-7,9-10,12-13,21H2,1-2H3. The molecule has 2 unspecified atom stereocenters. The maximum atomic E-state index is 12.8. The predicted octanol–water partition coefficient (Wildman–Crippen LogP) is 2.99. The van der Waals surface area contributed by atoms with E-state index in [2.05, 4.69) is 0 Å². The van der Waals surface area contributed by atoms with Crippen molar-refractivity contribution in [3.63, 3.8) is 0 Å². The van der Waals surface area contributed by atoms with Gasteiger partial charge in [-0.25, -0.2) is 0 Å². The molecule has 1 amide bonds. The first-order valence-electron chi connectivity index (χ1n) is 9.24. The van der Waals surface area contributed by atoms with Gasteiger partial charge in [-0.3, -0.25) is 4.79 Å². The molecule has 0 spiro atoms. The minimum absolute atomic E-state index is 0.157. The monoisotopic (exact) mass is 330 g/mol. The van der Waals surface area contributed by atoms with Gasteiger partial charge in [0.2, 0.25) is 5.91 Å². The Balaban J connectivity index is 1.48. The second-order valence-electron chi connectivity index (χ2n) is 7.62. The fourth-order valence-corrected chi connectivity index (χ4v) is 4.42. The van der Waals surface area contributed by atoms with Crippen molar-refractivity contribution in [3.8, 4) is 5.75 Å². The van der Waals surface area contributed by atoms with Crippen LogP contribution in [-0.4, -0.2) is 37.0 Å². The molecule has 2 N–H and O–H groups in total. The summed E-state index contributed by atoms with van der Waals surface area (Å²) in [5.74, 6) is 2.39. The Labute approximate surface area is 145 Å². The van der Waals surface area contributed by atoms with E-state index in [0.29, 0.717) is 31.0 Å². The quantitative estimate of drug-likeness (QED) is 0.903. The molecule has 0 heterocycles. The maximum Gasteiger partial charge on any atom is 0.225 e. The molecule has 2 aliphatic carbocycles.